The lowest BCUT2D eigenvalue weighted by Crippen LogP contribution is -2.08. The second-order valence-corrected chi connectivity index (χ2v) is 2.99. The summed E-state index contributed by atoms with van der Waals surface area (Å²) < 4.78 is 6.26. The summed E-state index contributed by atoms with van der Waals surface area (Å²) in [4.78, 5) is 15.3. The summed E-state index contributed by atoms with van der Waals surface area (Å²) in [6.07, 6.45) is 5.70. The van der Waals surface area contributed by atoms with Crippen LogP contribution in [0.1, 0.15) is 22.7 Å². The van der Waals surface area contributed by atoms with E-state index in [0.29, 0.717) is 24.6 Å². The molecule has 0 aliphatic heterocycles. The Balaban J connectivity index is 3.04. The Hall–Kier alpha value is -1.96. The molecule has 0 atom stereocenters. The largest absolute Gasteiger partial charge is 0.464 e. The van der Waals surface area contributed by atoms with Gasteiger partial charge in [0.2, 0.25) is 0 Å². The first kappa shape index (κ1) is 11.1. The molecule has 0 aliphatic carbocycles. The molecule has 1 heterocycles. The van der Waals surface area contributed by atoms with Crippen LogP contribution in [0.5, 0.6) is 0 Å². The Morgan fingerprint density at radius 1 is 1.73 bits per heavy atom. The summed E-state index contributed by atoms with van der Waals surface area (Å²) in [6.45, 7) is 2.32. The molecule has 0 bridgehead atoms. The van der Waals surface area contributed by atoms with Gasteiger partial charge in [-0.3, -0.25) is 0 Å². The fourth-order valence-electron chi connectivity index (χ4n) is 1.29. The third-order valence-electron chi connectivity index (χ3n) is 2.06. The molecule has 0 fully saturated rings. The Kier molecular flexibility index (Phi) is 3.34. The Morgan fingerprint density at radius 3 is 2.93 bits per heavy atom. The van der Waals surface area contributed by atoms with Crippen LogP contribution >= 0.6 is 0 Å². The van der Waals surface area contributed by atoms with E-state index in [-0.39, 0.29) is 5.69 Å². The number of anilines is 1. The molecule has 5 heteroatoms. The number of hydrogen-bond acceptors (Lipinski definition) is 4. The number of carbonyl (C=O) groups is 1. The lowest BCUT2D eigenvalue weighted by Gasteiger charge is -2.04. The van der Waals surface area contributed by atoms with Gasteiger partial charge in [-0.15, -0.1) is 12.3 Å². The lowest BCUT2D eigenvalue weighted by molar-refractivity contribution is 0.0595. The minimum Gasteiger partial charge on any atom is -0.464 e. The molecule has 0 spiro atoms. The van der Waals surface area contributed by atoms with Crippen LogP contribution in [-0.4, -0.2) is 22.6 Å². The SMILES string of the molecule is C#CCCn1c(C)nc(C(=O)OC)c1N. The van der Waals surface area contributed by atoms with Crippen molar-refractivity contribution in [2.45, 2.75) is 19.9 Å². The normalized spacial score (nSPS) is 9.67. The summed E-state index contributed by atoms with van der Waals surface area (Å²) in [5.41, 5.74) is 5.90. The molecular weight excluding hydrogens is 194 g/mol. The summed E-state index contributed by atoms with van der Waals surface area (Å²) >= 11 is 0. The van der Waals surface area contributed by atoms with Crippen molar-refractivity contribution < 1.29 is 9.53 Å². The van der Waals surface area contributed by atoms with Gasteiger partial charge in [-0.05, 0) is 6.92 Å². The molecule has 5 nitrogen and oxygen atoms in total. The molecule has 1 rings (SSSR count). The van der Waals surface area contributed by atoms with Crippen LogP contribution in [-0.2, 0) is 11.3 Å². The van der Waals surface area contributed by atoms with Crippen molar-refractivity contribution in [2.24, 2.45) is 0 Å². The average Bonchev–Trinajstić information content (AvgIpc) is 2.51. The molecule has 0 amide bonds. The second-order valence-electron chi connectivity index (χ2n) is 2.99. The van der Waals surface area contributed by atoms with Crippen LogP contribution in [0.2, 0.25) is 0 Å². The van der Waals surface area contributed by atoms with Crippen molar-refractivity contribution in [2.75, 3.05) is 12.8 Å². The van der Waals surface area contributed by atoms with Gasteiger partial charge in [-0.2, -0.15) is 0 Å². The second kappa shape index (κ2) is 4.51. The van der Waals surface area contributed by atoms with Gasteiger partial charge in [0, 0.05) is 13.0 Å². The Morgan fingerprint density at radius 2 is 2.40 bits per heavy atom. The highest BCUT2D eigenvalue weighted by atomic mass is 16.5. The van der Waals surface area contributed by atoms with Crippen LogP contribution in [0, 0.1) is 19.3 Å². The van der Waals surface area contributed by atoms with Crippen molar-refractivity contribution in [1.29, 1.82) is 0 Å². The summed E-state index contributed by atoms with van der Waals surface area (Å²) in [7, 11) is 1.29. The highest BCUT2D eigenvalue weighted by molar-refractivity contribution is 5.92. The van der Waals surface area contributed by atoms with Crippen LogP contribution in [0.25, 0.3) is 0 Å². The van der Waals surface area contributed by atoms with Crippen LogP contribution in [0.15, 0.2) is 0 Å². The van der Waals surface area contributed by atoms with E-state index in [1.165, 1.54) is 7.11 Å². The zero-order chi connectivity index (χ0) is 11.4. The average molecular weight is 207 g/mol. The Bertz CT molecular complexity index is 415. The van der Waals surface area contributed by atoms with Gasteiger partial charge in [0.15, 0.2) is 5.69 Å². The number of esters is 1. The predicted molar refractivity (Wildman–Crippen MR) is 56.2 cm³/mol. The van der Waals surface area contributed by atoms with Gasteiger partial charge >= 0.3 is 5.97 Å². The summed E-state index contributed by atoms with van der Waals surface area (Å²) in [5.74, 6) is 2.93. The van der Waals surface area contributed by atoms with E-state index < -0.39 is 5.97 Å². The highest BCUT2D eigenvalue weighted by Crippen LogP contribution is 2.15. The molecule has 0 aliphatic rings. The first-order valence-electron chi connectivity index (χ1n) is 4.46. The number of rotatable bonds is 3. The first-order chi connectivity index (χ1) is 7.11. The molecule has 2 N–H and O–H groups in total. The molecule has 0 radical (unpaired) electrons. The molecular formula is C10H13N3O2. The zero-order valence-corrected chi connectivity index (χ0v) is 8.78. The molecule has 0 saturated carbocycles. The number of methoxy groups -OCH3 is 1. The summed E-state index contributed by atoms with van der Waals surface area (Å²) in [5, 5.41) is 0. The van der Waals surface area contributed by atoms with Gasteiger partial charge in [-0.1, -0.05) is 0 Å². The fourth-order valence-corrected chi connectivity index (χ4v) is 1.29. The minimum atomic E-state index is -0.532. The van der Waals surface area contributed by atoms with Crippen molar-refractivity contribution in [1.82, 2.24) is 9.55 Å². The van der Waals surface area contributed by atoms with E-state index in [1.807, 2.05) is 0 Å². The fraction of sp³-hybridized carbons (Fsp3) is 0.400. The summed E-state index contributed by atoms with van der Waals surface area (Å²) in [6, 6.07) is 0. The standard InChI is InChI=1S/C10H13N3O2/c1-4-5-6-13-7(2)12-8(9(13)11)10(14)15-3/h1H,5-6,11H2,2-3H3. The molecule has 0 unspecified atom stereocenters. The number of ether oxygens (including phenoxy) is 1. The van der Waals surface area contributed by atoms with Gasteiger partial charge in [0.1, 0.15) is 11.6 Å². The molecule has 0 aromatic carbocycles. The van der Waals surface area contributed by atoms with Crippen LogP contribution in [0.4, 0.5) is 5.82 Å². The van der Waals surface area contributed by atoms with E-state index in [0.717, 1.165) is 0 Å². The maximum atomic E-state index is 11.3. The number of hydrogen-bond donors (Lipinski definition) is 1. The quantitative estimate of drug-likeness (QED) is 0.581. The highest BCUT2D eigenvalue weighted by Gasteiger charge is 2.18. The molecule has 15 heavy (non-hydrogen) atoms. The van der Waals surface area contributed by atoms with Crippen LogP contribution < -0.4 is 5.73 Å². The minimum absolute atomic E-state index is 0.145. The van der Waals surface area contributed by atoms with Gasteiger partial charge in [0.05, 0.1) is 7.11 Å². The molecule has 1 aromatic heterocycles. The molecule has 0 saturated heterocycles. The number of carbonyl (C=O) groups excluding carboxylic acids is 1. The van der Waals surface area contributed by atoms with Crippen molar-refractivity contribution in [3.63, 3.8) is 0 Å². The topological polar surface area (TPSA) is 70.1 Å². The lowest BCUT2D eigenvalue weighted by atomic mass is 10.4. The number of terminal acetylenes is 1. The molecule has 80 valence electrons. The maximum Gasteiger partial charge on any atom is 0.360 e. The van der Waals surface area contributed by atoms with Gasteiger partial charge in [0.25, 0.3) is 0 Å². The van der Waals surface area contributed by atoms with E-state index in [9.17, 15) is 4.79 Å². The van der Waals surface area contributed by atoms with E-state index >= 15 is 0 Å². The number of nitrogens with zero attached hydrogens (tertiary/aromatic N) is 2. The number of aromatic nitrogens is 2. The van der Waals surface area contributed by atoms with Crippen molar-refractivity contribution in [3.05, 3.63) is 11.5 Å². The number of nitrogens with two attached hydrogens (primary N) is 1. The number of imidazole rings is 1. The van der Waals surface area contributed by atoms with E-state index in [2.05, 4.69) is 15.6 Å². The third kappa shape index (κ3) is 2.10. The molecule has 1 aromatic rings. The monoisotopic (exact) mass is 207 g/mol. The van der Waals surface area contributed by atoms with Gasteiger partial charge < -0.3 is 15.0 Å². The first-order valence-corrected chi connectivity index (χ1v) is 4.46. The zero-order valence-electron chi connectivity index (χ0n) is 8.78. The van der Waals surface area contributed by atoms with Crippen molar-refractivity contribution in [3.8, 4) is 12.3 Å². The Labute approximate surface area is 88.2 Å². The maximum absolute atomic E-state index is 11.3. The third-order valence-corrected chi connectivity index (χ3v) is 2.06. The van der Waals surface area contributed by atoms with E-state index in [4.69, 9.17) is 12.2 Å². The van der Waals surface area contributed by atoms with E-state index in [1.54, 1.807) is 11.5 Å². The van der Waals surface area contributed by atoms with Gasteiger partial charge in [-0.25, -0.2) is 9.78 Å². The smallest absolute Gasteiger partial charge is 0.360 e. The number of aryl methyl sites for hydroxylation is 1. The number of nitrogen functional groups attached to an aromatic ring is 1. The van der Waals surface area contributed by atoms with Crippen molar-refractivity contribution >= 4 is 11.8 Å². The predicted octanol–water partition coefficient (Wildman–Crippen LogP) is 0.584. The van der Waals surface area contributed by atoms with Crippen LogP contribution in [0.3, 0.4) is 0 Å².